The molecule has 0 aromatic carbocycles. The van der Waals surface area contributed by atoms with E-state index in [1.54, 1.807) is 7.05 Å². The zero-order valence-electron chi connectivity index (χ0n) is 10.5. The van der Waals surface area contributed by atoms with Crippen LogP contribution in [0.25, 0.3) is 0 Å². The van der Waals surface area contributed by atoms with Crippen LogP contribution < -0.4 is 0 Å². The molecule has 2 rings (SSSR count). The van der Waals surface area contributed by atoms with Crippen LogP contribution in [0.5, 0.6) is 0 Å². The first-order valence-corrected chi connectivity index (χ1v) is 7.07. The Labute approximate surface area is 113 Å². The molecule has 7 heteroatoms. The van der Waals surface area contributed by atoms with Gasteiger partial charge in [0.05, 0.1) is 5.51 Å². The predicted octanol–water partition coefficient (Wildman–Crippen LogP) is 3.57. The fraction of sp³-hybridized carbons (Fsp3) is 0.667. The third-order valence-electron chi connectivity index (χ3n) is 3.47. The van der Waals surface area contributed by atoms with Gasteiger partial charge in [-0.2, -0.15) is 13.2 Å². The van der Waals surface area contributed by atoms with Gasteiger partial charge in [0.2, 0.25) is 0 Å². The summed E-state index contributed by atoms with van der Waals surface area (Å²) in [5.41, 5.74) is 0.00951. The Balaban J connectivity index is 2.17. The first kappa shape index (κ1) is 14.3. The average Bonchev–Trinajstić information content (AvgIpc) is 2.87. The van der Waals surface area contributed by atoms with Crippen LogP contribution in [0.3, 0.4) is 0 Å². The zero-order chi connectivity index (χ0) is 14.0. The van der Waals surface area contributed by atoms with Crippen molar-refractivity contribution in [2.24, 2.45) is 0 Å². The van der Waals surface area contributed by atoms with Gasteiger partial charge in [0.15, 0.2) is 5.69 Å². The number of carbonyl (C=O) groups is 1. The highest BCUT2D eigenvalue weighted by Gasteiger charge is 2.39. The fourth-order valence-electron chi connectivity index (χ4n) is 2.39. The van der Waals surface area contributed by atoms with E-state index in [0.717, 1.165) is 49.0 Å². The van der Waals surface area contributed by atoms with Crippen LogP contribution in [-0.4, -0.2) is 28.9 Å². The lowest BCUT2D eigenvalue weighted by Crippen LogP contribution is -2.38. The summed E-state index contributed by atoms with van der Waals surface area (Å²) in [5.74, 6) is -0.568. The Morgan fingerprint density at radius 3 is 2.58 bits per heavy atom. The van der Waals surface area contributed by atoms with Gasteiger partial charge in [0, 0.05) is 13.1 Å². The number of hydrogen-bond acceptors (Lipinski definition) is 3. The summed E-state index contributed by atoms with van der Waals surface area (Å²) in [5, 5.41) is 0. The van der Waals surface area contributed by atoms with E-state index >= 15 is 0 Å². The summed E-state index contributed by atoms with van der Waals surface area (Å²) in [7, 11) is 1.58. The smallest absolute Gasteiger partial charge is 0.338 e. The van der Waals surface area contributed by atoms with Crippen molar-refractivity contribution in [3.05, 3.63) is 16.1 Å². The van der Waals surface area contributed by atoms with Gasteiger partial charge in [-0.3, -0.25) is 4.79 Å². The topological polar surface area (TPSA) is 33.2 Å². The number of halogens is 3. The number of thiazole rings is 1. The van der Waals surface area contributed by atoms with E-state index in [-0.39, 0.29) is 10.9 Å². The molecule has 1 fully saturated rings. The van der Waals surface area contributed by atoms with Crippen molar-refractivity contribution >= 4 is 17.2 Å². The second-order valence-electron chi connectivity index (χ2n) is 4.74. The molecule has 1 saturated carbocycles. The Bertz CT molecular complexity index is 452. The van der Waals surface area contributed by atoms with Crippen LogP contribution >= 0.6 is 11.3 Å². The number of aromatic nitrogens is 1. The molecule has 0 aliphatic heterocycles. The third kappa shape index (κ3) is 3.08. The first-order chi connectivity index (χ1) is 8.91. The highest BCUT2D eigenvalue weighted by molar-refractivity contribution is 7.11. The molecule has 0 bridgehead atoms. The van der Waals surface area contributed by atoms with Crippen LogP contribution in [0.1, 0.15) is 47.5 Å². The van der Waals surface area contributed by atoms with Gasteiger partial charge in [0.1, 0.15) is 4.88 Å². The molecular formula is C12H15F3N2OS. The molecular weight excluding hydrogens is 277 g/mol. The highest BCUT2D eigenvalue weighted by Crippen LogP contribution is 2.34. The Morgan fingerprint density at radius 2 is 2.00 bits per heavy atom. The molecule has 0 N–H and O–H groups in total. The molecule has 1 aliphatic carbocycles. The maximum atomic E-state index is 12.7. The molecule has 1 amide bonds. The largest absolute Gasteiger partial charge is 0.434 e. The van der Waals surface area contributed by atoms with Crippen molar-refractivity contribution in [3.8, 4) is 0 Å². The van der Waals surface area contributed by atoms with Gasteiger partial charge in [-0.25, -0.2) is 4.98 Å². The number of rotatable bonds is 2. The van der Waals surface area contributed by atoms with Gasteiger partial charge in [-0.05, 0) is 12.8 Å². The zero-order valence-corrected chi connectivity index (χ0v) is 11.4. The normalized spacial score (nSPS) is 17.5. The minimum atomic E-state index is -4.57. The molecule has 0 spiro atoms. The Kier molecular flexibility index (Phi) is 4.13. The SMILES string of the molecule is CN(C(=O)c1scnc1C(F)(F)F)C1CCCCC1. The molecule has 3 nitrogen and oxygen atoms in total. The van der Waals surface area contributed by atoms with E-state index in [0.29, 0.717) is 0 Å². The summed E-state index contributed by atoms with van der Waals surface area (Å²) >= 11 is 0.755. The maximum Gasteiger partial charge on any atom is 0.434 e. The number of alkyl halides is 3. The molecule has 1 heterocycles. The maximum absolute atomic E-state index is 12.7. The van der Waals surface area contributed by atoms with E-state index in [9.17, 15) is 18.0 Å². The summed E-state index contributed by atoms with van der Waals surface area (Å²) in [6.45, 7) is 0. The lowest BCUT2D eigenvalue weighted by Gasteiger charge is -2.31. The molecule has 1 aromatic heterocycles. The average molecular weight is 292 g/mol. The first-order valence-electron chi connectivity index (χ1n) is 6.19. The summed E-state index contributed by atoms with van der Waals surface area (Å²) < 4.78 is 38.2. The van der Waals surface area contributed by atoms with Crippen LogP contribution in [0.2, 0.25) is 0 Å². The van der Waals surface area contributed by atoms with E-state index in [1.165, 1.54) is 4.90 Å². The van der Waals surface area contributed by atoms with Gasteiger partial charge >= 0.3 is 6.18 Å². The van der Waals surface area contributed by atoms with Crippen LogP contribution in [0.4, 0.5) is 13.2 Å². The van der Waals surface area contributed by atoms with Crippen molar-refractivity contribution < 1.29 is 18.0 Å². The van der Waals surface area contributed by atoms with E-state index in [2.05, 4.69) is 4.98 Å². The number of carbonyl (C=O) groups excluding carboxylic acids is 1. The summed E-state index contributed by atoms with van der Waals surface area (Å²) in [6.07, 6.45) is 0.338. The molecule has 1 aromatic rings. The van der Waals surface area contributed by atoms with Gasteiger partial charge < -0.3 is 4.90 Å². The monoisotopic (exact) mass is 292 g/mol. The van der Waals surface area contributed by atoms with Gasteiger partial charge in [-0.15, -0.1) is 11.3 Å². The predicted molar refractivity (Wildman–Crippen MR) is 66.1 cm³/mol. The highest BCUT2D eigenvalue weighted by atomic mass is 32.1. The van der Waals surface area contributed by atoms with Gasteiger partial charge in [-0.1, -0.05) is 19.3 Å². The van der Waals surface area contributed by atoms with Crippen molar-refractivity contribution in [3.63, 3.8) is 0 Å². The van der Waals surface area contributed by atoms with Crippen molar-refractivity contribution in [2.75, 3.05) is 7.05 Å². The number of nitrogens with zero attached hydrogens (tertiary/aromatic N) is 2. The van der Waals surface area contributed by atoms with Crippen LogP contribution in [0.15, 0.2) is 5.51 Å². The lowest BCUT2D eigenvalue weighted by atomic mass is 9.94. The molecule has 0 saturated heterocycles. The van der Waals surface area contributed by atoms with E-state index < -0.39 is 17.8 Å². The van der Waals surface area contributed by atoms with Crippen molar-refractivity contribution in [1.82, 2.24) is 9.88 Å². The number of hydrogen-bond donors (Lipinski definition) is 0. The Morgan fingerprint density at radius 1 is 1.37 bits per heavy atom. The number of amides is 1. The Hall–Kier alpha value is -1.11. The molecule has 0 atom stereocenters. The standard InChI is InChI=1S/C12H15F3N2OS/c1-17(8-5-3-2-4-6-8)11(18)9-10(12(13,14)15)16-7-19-9/h7-8H,2-6H2,1H3. The van der Waals surface area contributed by atoms with E-state index in [1.807, 2.05) is 0 Å². The minimum Gasteiger partial charge on any atom is -0.338 e. The summed E-state index contributed by atoms with van der Waals surface area (Å²) in [6, 6.07) is 0.0458. The van der Waals surface area contributed by atoms with Crippen molar-refractivity contribution in [1.29, 1.82) is 0 Å². The summed E-state index contributed by atoms with van der Waals surface area (Å²) in [4.78, 5) is 16.6. The lowest BCUT2D eigenvalue weighted by molar-refractivity contribution is -0.141. The molecule has 106 valence electrons. The molecule has 1 aliphatic rings. The van der Waals surface area contributed by atoms with Gasteiger partial charge in [0.25, 0.3) is 5.91 Å². The molecule has 0 radical (unpaired) electrons. The molecule has 19 heavy (non-hydrogen) atoms. The fourth-order valence-corrected chi connectivity index (χ4v) is 3.18. The second kappa shape index (κ2) is 5.48. The third-order valence-corrected chi connectivity index (χ3v) is 4.29. The quantitative estimate of drug-likeness (QED) is 0.835. The minimum absolute atomic E-state index is 0.0458. The van der Waals surface area contributed by atoms with E-state index in [4.69, 9.17) is 0 Å². The second-order valence-corrected chi connectivity index (χ2v) is 5.59. The van der Waals surface area contributed by atoms with Crippen molar-refractivity contribution in [2.45, 2.75) is 44.3 Å². The molecule has 0 unspecified atom stereocenters. The van der Waals surface area contributed by atoms with Crippen LogP contribution in [0, 0.1) is 0 Å². The van der Waals surface area contributed by atoms with Crippen LogP contribution in [-0.2, 0) is 6.18 Å².